The summed E-state index contributed by atoms with van der Waals surface area (Å²) in [5.41, 5.74) is 0. The van der Waals surface area contributed by atoms with Crippen LogP contribution in [-0.4, -0.2) is 10.2 Å². The Bertz CT molecular complexity index is 299. The maximum absolute atomic E-state index is 5.56. The zero-order valence-corrected chi connectivity index (χ0v) is 8.26. The fourth-order valence-corrected chi connectivity index (χ4v) is 1.11. The molecule has 0 saturated heterocycles. The summed E-state index contributed by atoms with van der Waals surface area (Å²) < 4.78 is 0. The van der Waals surface area contributed by atoms with Crippen molar-refractivity contribution in [3.05, 3.63) is 52.8 Å². The highest BCUT2D eigenvalue weighted by Crippen LogP contribution is 2.13. The summed E-state index contributed by atoms with van der Waals surface area (Å²) in [7, 11) is 0. The second-order valence-electron chi connectivity index (χ2n) is 2.21. The van der Waals surface area contributed by atoms with Crippen LogP contribution in [-0.2, 0) is 0 Å². The second-order valence-corrected chi connectivity index (χ2v) is 3.08. The van der Waals surface area contributed by atoms with Crippen LogP contribution in [0, 0.1) is 0 Å². The van der Waals surface area contributed by atoms with Gasteiger partial charge in [-0.05, 0) is 24.3 Å². The molecule has 0 aliphatic carbocycles. The molecule has 0 saturated carbocycles. The molecule has 2 rings (SSSR count). The Labute approximate surface area is 86.5 Å². The van der Waals surface area contributed by atoms with E-state index in [1.165, 1.54) is 0 Å². The second kappa shape index (κ2) is 5.62. The summed E-state index contributed by atoms with van der Waals surface area (Å²) in [5, 5.41) is 7.56. The third-order valence-electron chi connectivity index (χ3n) is 1.19. The summed E-state index contributed by atoms with van der Waals surface area (Å²) in [6.07, 6.45) is 3.46. The van der Waals surface area contributed by atoms with Crippen molar-refractivity contribution in [1.29, 1.82) is 0 Å². The first-order valence-electron chi connectivity index (χ1n) is 3.64. The molecule has 0 unspecified atom stereocenters. The van der Waals surface area contributed by atoms with Gasteiger partial charge in [-0.1, -0.05) is 29.3 Å². The lowest BCUT2D eigenvalue weighted by Crippen LogP contribution is -1.61. The molecule has 1 aromatic heterocycles. The van der Waals surface area contributed by atoms with Crippen molar-refractivity contribution in [2.24, 2.45) is 0 Å². The predicted molar refractivity (Wildman–Crippen MR) is 55.0 cm³/mol. The van der Waals surface area contributed by atoms with E-state index in [1.807, 2.05) is 12.1 Å². The van der Waals surface area contributed by atoms with Gasteiger partial charge in [0.1, 0.15) is 0 Å². The normalized spacial score (nSPS) is 8.77. The summed E-state index contributed by atoms with van der Waals surface area (Å²) in [5.74, 6) is 0. The average Bonchev–Trinajstić information content (AvgIpc) is 2.59. The van der Waals surface area contributed by atoms with Gasteiger partial charge in [0.15, 0.2) is 0 Å². The van der Waals surface area contributed by atoms with Crippen LogP contribution in [0.3, 0.4) is 0 Å². The molecule has 4 heteroatoms. The van der Waals surface area contributed by atoms with Crippen LogP contribution in [0.25, 0.3) is 0 Å². The standard InChI is InChI=1S/C6H4Cl2.C3H4N2/c7-5-2-1-3-6(8)4-5;1-2-4-5-3-1/h1-4H;1-3H,(H,4,5). The van der Waals surface area contributed by atoms with Gasteiger partial charge in [0.25, 0.3) is 0 Å². The number of aromatic amines is 1. The zero-order chi connectivity index (χ0) is 9.52. The molecule has 0 amide bonds. The van der Waals surface area contributed by atoms with E-state index in [0.29, 0.717) is 10.0 Å². The van der Waals surface area contributed by atoms with Crippen LogP contribution < -0.4 is 0 Å². The lowest BCUT2D eigenvalue weighted by Gasteiger charge is -1.86. The minimum Gasteiger partial charge on any atom is -0.286 e. The number of hydrogen-bond donors (Lipinski definition) is 1. The van der Waals surface area contributed by atoms with Crippen molar-refractivity contribution in [2.75, 3.05) is 0 Å². The highest BCUT2D eigenvalue weighted by Gasteiger charge is 1.84. The largest absolute Gasteiger partial charge is 0.286 e. The van der Waals surface area contributed by atoms with Crippen molar-refractivity contribution in [3.63, 3.8) is 0 Å². The Kier molecular flexibility index (Phi) is 4.36. The van der Waals surface area contributed by atoms with Gasteiger partial charge in [-0.3, -0.25) is 5.10 Å². The minimum absolute atomic E-state index is 0.678. The Morgan fingerprint density at radius 2 is 1.77 bits per heavy atom. The fourth-order valence-electron chi connectivity index (χ4n) is 0.675. The molecular formula is C9H8Cl2N2. The summed E-state index contributed by atoms with van der Waals surface area (Å²) >= 11 is 11.1. The lowest BCUT2D eigenvalue weighted by molar-refractivity contribution is 1.09. The predicted octanol–water partition coefficient (Wildman–Crippen LogP) is 3.40. The Balaban J connectivity index is 0.000000145. The maximum atomic E-state index is 5.56. The van der Waals surface area contributed by atoms with E-state index in [9.17, 15) is 0 Å². The lowest BCUT2D eigenvalue weighted by atomic mass is 10.4. The van der Waals surface area contributed by atoms with Gasteiger partial charge in [0, 0.05) is 22.4 Å². The third kappa shape index (κ3) is 4.55. The van der Waals surface area contributed by atoms with Gasteiger partial charge < -0.3 is 0 Å². The van der Waals surface area contributed by atoms with E-state index < -0.39 is 0 Å². The first-order chi connectivity index (χ1) is 6.29. The number of rotatable bonds is 0. The molecule has 0 radical (unpaired) electrons. The molecule has 0 fully saturated rings. The fraction of sp³-hybridized carbons (Fsp3) is 0. The smallest absolute Gasteiger partial charge is 0.0487 e. The van der Waals surface area contributed by atoms with Crippen molar-refractivity contribution in [1.82, 2.24) is 10.2 Å². The molecule has 13 heavy (non-hydrogen) atoms. The molecule has 0 bridgehead atoms. The minimum atomic E-state index is 0.678. The van der Waals surface area contributed by atoms with E-state index in [4.69, 9.17) is 23.2 Å². The molecule has 2 nitrogen and oxygen atoms in total. The number of nitrogens with one attached hydrogen (secondary N) is 1. The Hall–Kier alpha value is -0.990. The molecule has 68 valence electrons. The van der Waals surface area contributed by atoms with Crippen LogP contribution in [0.1, 0.15) is 0 Å². The van der Waals surface area contributed by atoms with Crippen LogP contribution in [0.15, 0.2) is 42.7 Å². The third-order valence-corrected chi connectivity index (χ3v) is 1.66. The first-order valence-corrected chi connectivity index (χ1v) is 4.39. The van der Waals surface area contributed by atoms with Crippen LogP contribution >= 0.6 is 23.2 Å². The highest BCUT2D eigenvalue weighted by molar-refractivity contribution is 6.34. The van der Waals surface area contributed by atoms with Gasteiger partial charge in [0.2, 0.25) is 0 Å². The van der Waals surface area contributed by atoms with Crippen molar-refractivity contribution >= 4 is 23.2 Å². The molecular weight excluding hydrogens is 207 g/mol. The summed E-state index contributed by atoms with van der Waals surface area (Å²) in [6.45, 7) is 0. The van der Waals surface area contributed by atoms with Gasteiger partial charge in [0.05, 0.1) is 0 Å². The molecule has 1 aromatic carbocycles. The monoisotopic (exact) mass is 214 g/mol. The number of H-pyrrole nitrogens is 1. The number of aromatic nitrogens is 2. The SMILES string of the molecule is Clc1cccc(Cl)c1.c1cn[nH]c1. The van der Waals surface area contributed by atoms with Crippen molar-refractivity contribution in [3.8, 4) is 0 Å². The van der Waals surface area contributed by atoms with Crippen molar-refractivity contribution < 1.29 is 0 Å². The molecule has 0 atom stereocenters. The number of nitrogens with zero attached hydrogens (tertiary/aromatic N) is 1. The number of hydrogen-bond acceptors (Lipinski definition) is 1. The van der Waals surface area contributed by atoms with Crippen LogP contribution in [0.5, 0.6) is 0 Å². The van der Waals surface area contributed by atoms with E-state index >= 15 is 0 Å². The average molecular weight is 215 g/mol. The topological polar surface area (TPSA) is 28.7 Å². The Morgan fingerprint density at radius 1 is 1.08 bits per heavy atom. The number of benzene rings is 1. The first kappa shape index (κ1) is 10.1. The molecule has 0 aliphatic heterocycles. The van der Waals surface area contributed by atoms with E-state index in [0.717, 1.165) is 0 Å². The van der Waals surface area contributed by atoms with Crippen molar-refractivity contribution in [2.45, 2.75) is 0 Å². The van der Waals surface area contributed by atoms with Gasteiger partial charge >= 0.3 is 0 Å². The molecule has 0 spiro atoms. The molecule has 0 aliphatic rings. The van der Waals surface area contributed by atoms with Crippen LogP contribution in [0.4, 0.5) is 0 Å². The van der Waals surface area contributed by atoms with E-state index in [-0.39, 0.29) is 0 Å². The quantitative estimate of drug-likeness (QED) is 0.716. The Morgan fingerprint density at radius 3 is 2.00 bits per heavy atom. The van der Waals surface area contributed by atoms with Crippen LogP contribution in [0.2, 0.25) is 10.0 Å². The van der Waals surface area contributed by atoms with E-state index in [1.54, 1.807) is 30.6 Å². The number of halogens is 2. The summed E-state index contributed by atoms with van der Waals surface area (Å²) in [4.78, 5) is 0. The molecule has 1 N–H and O–H groups in total. The zero-order valence-electron chi connectivity index (χ0n) is 6.74. The van der Waals surface area contributed by atoms with E-state index in [2.05, 4.69) is 10.2 Å². The highest BCUT2D eigenvalue weighted by atomic mass is 35.5. The summed E-state index contributed by atoms with van der Waals surface area (Å²) in [6, 6.07) is 8.91. The molecule has 2 aromatic rings. The van der Waals surface area contributed by atoms with Gasteiger partial charge in [-0.15, -0.1) is 0 Å². The van der Waals surface area contributed by atoms with Gasteiger partial charge in [-0.2, -0.15) is 5.10 Å². The molecule has 1 heterocycles. The maximum Gasteiger partial charge on any atom is 0.0487 e. The van der Waals surface area contributed by atoms with Gasteiger partial charge in [-0.25, -0.2) is 0 Å².